The summed E-state index contributed by atoms with van der Waals surface area (Å²) in [6.07, 6.45) is 11.0. The molecule has 2 N–H and O–H groups in total. The Bertz CT molecular complexity index is 718. The maximum Gasteiger partial charge on any atom is 0.213 e. The van der Waals surface area contributed by atoms with Gasteiger partial charge in [-0.2, -0.15) is 0 Å². The van der Waals surface area contributed by atoms with E-state index >= 15 is 0 Å². The number of halogens is 1. The van der Waals surface area contributed by atoms with Gasteiger partial charge in [0.2, 0.25) is 5.88 Å². The maximum atomic E-state index is 5.99. The normalized spacial score (nSPS) is 14.7. The second kappa shape index (κ2) is 13.3. The van der Waals surface area contributed by atoms with Crippen molar-refractivity contribution < 1.29 is 4.74 Å². The van der Waals surface area contributed by atoms with Crippen LogP contribution in [0.2, 0.25) is 0 Å². The van der Waals surface area contributed by atoms with Crippen molar-refractivity contribution >= 4 is 29.9 Å². The Kier molecular flexibility index (Phi) is 10.8. The molecule has 6 nitrogen and oxygen atoms in total. The molecule has 7 heteroatoms. The van der Waals surface area contributed by atoms with Gasteiger partial charge in [-0.15, -0.1) is 24.0 Å². The summed E-state index contributed by atoms with van der Waals surface area (Å²) in [6.45, 7) is 4.25. The van der Waals surface area contributed by atoms with Crippen LogP contribution < -0.4 is 15.4 Å². The van der Waals surface area contributed by atoms with Gasteiger partial charge in [-0.3, -0.25) is 4.98 Å². The smallest absolute Gasteiger partial charge is 0.213 e. The third-order valence-electron chi connectivity index (χ3n) is 4.80. The molecule has 1 fully saturated rings. The first-order chi connectivity index (χ1) is 13.8. The second-order valence-corrected chi connectivity index (χ2v) is 7.08. The monoisotopic (exact) mass is 509 g/mol. The standard InChI is InChI=1S/C22H31N5O.HI/c1-2-23-22(25-15-13-19-8-6-7-14-24-19)27-17-18-11-12-21(26-16-18)28-20-9-4-3-5-10-20;/h6-8,11-12,14,16,20H,2-5,9-10,13,15,17H2,1H3,(H2,23,25,27);1H. The van der Waals surface area contributed by atoms with Crippen LogP contribution in [-0.2, 0) is 13.0 Å². The van der Waals surface area contributed by atoms with Crippen LogP contribution in [0.3, 0.4) is 0 Å². The Morgan fingerprint density at radius 2 is 1.97 bits per heavy atom. The molecule has 0 aromatic carbocycles. The summed E-state index contributed by atoms with van der Waals surface area (Å²) < 4.78 is 5.99. The summed E-state index contributed by atoms with van der Waals surface area (Å²) in [7, 11) is 0. The topological polar surface area (TPSA) is 71.4 Å². The van der Waals surface area contributed by atoms with Crippen LogP contribution >= 0.6 is 24.0 Å². The van der Waals surface area contributed by atoms with Crippen LogP contribution in [0, 0.1) is 0 Å². The molecular formula is C22H32IN5O. The van der Waals surface area contributed by atoms with E-state index in [4.69, 9.17) is 4.74 Å². The van der Waals surface area contributed by atoms with Gasteiger partial charge in [-0.25, -0.2) is 9.98 Å². The zero-order valence-electron chi connectivity index (χ0n) is 17.1. The highest BCUT2D eigenvalue weighted by atomic mass is 127. The predicted molar refractivity (Wildman–Crippen MR) is 128 cm³/mol. The van der Waals surface area contributed by atoms with E-state index in [2.05, 4.69) is 32.5 Å². The molecule has 2 aromatic heterocycles. The van der Waals surface area contributed by atoms with Crippen LogP contribution in [0.25, 0.3) is 0 Å². The van der Waals surface area contributed by atoms with E-state index in [1.54, 1.807) is 0 Å². The number of guanidine groups is 1. The van der Waals surface area contributed by atoms with E-state index in [1.807, 2.05) is 42.7 Å². The summed E-state index contributed by atoms with van der Waals surface area (Å²) in [5.41, 5.74) is 2.14. The SMILES string of the molecule is CCNC(=NCc1ccc(OC2CCCCC2)nc1)NCCc1ccccn1.I. The lowest BCUT2D eigenvalue weighted by molar-refractivity contribution is 0.148. The van der Waals surface area contributed by atoms with Crippen molar-refractivity contribution in [3.8, 4) is 5.88 Å². The van der Waals surface area contributed by atoms with E-state index in [-0.39, 0.29) is 24.0 Å². The number of nitrogens with zero attached hydrogens (tertiary/aromatic N) is 3. The summed E-state index contributed by atoms with van der Waals surface area (Å²) in [6, 6.07) is 9.99. The molecular weight excluding hydrogens is 477 g/mol. The van der Waals surface area contributed by atoms with Gasteiger partial charge in [0.1, 0.15) is 6.10 Å². The Labute approximate surface area is 191 Å². The van der Waals surface area contributed by atoms with Crippen LogP contribution in [-0.4, -0.2) is 35.1 Å². The lowest BCUT2D eigenvalue weighted by Crippen LogP contribution is -2.38. The van der Waals surface area contributed by atoms with E-state index in [1.165, 1.54) is 19.3 Å². The molecule has 0 unspecified atom stereocenters. The quantitative estimate of drug-likeness (QED) is 0.319. The Hall–Kier alpha value is -1.90. The van der Waals surface area contributed by atoms with Crippen molar-refractivity contribution in [2.24, 2.45) is 4.99 Å². The molecule has 0 bridgehead atoms. The predicted octanol–water partition coefficient (Wildman–Crippen LogP) is 4.10. The third-order valence-corrected chi connectivity index (χ3v) is 4.80. The van der Waals surface area contributed by atoms with Gasteiger partial charge in [0.25, 0.3) is 0 Å². The molecule has 0 saturated heterocycles. The van der Waals surface area contributed by atoms with Gasteiger partial charge in [0, 0.05) is 43.7 Å². The highest BCUT2D eigenvalue weighted by molar-refractivity contribution is 14.0. The first kappa shape index (κ1) is 23.4. The summed E-state index contributed by atoms with van der Waals surface area (Å²) in [5.74, 6) is 1.53. The first-order valence-electron chi connectivity index (χ1n) is 10.4. The molecule has 2 aromatic rings. The van der Waals surface area contributed by atoms with Crippen molar-refractivity contribution in [1.29, 1.82) is 0 Å². The Morgan fingerprint density at radius 1 is 1.10 bits per heavy atom. The number of aromatic nitrogens is 2. The van der Waals surface area contributed by atoms with Crippen molar-refractivity contribution in [3.63, 3.8) is 0 Å². The van der Waals surface area contributed by atoms with Crippen LogP contribution in [0.5, 0.6) is 5.88 Å². The fourth-order valence-corrected chi connectivity index (χ4v) is 3.29. The molecule has 158 valence electrons. The molecule has 29 heavy (non-hydrogen) atoms. The molecule has 0 spiro atoms. The number of rotatable bonds is 8. The highest BCUT2D eigenvalue weighted by Gasteiger charge is 2.15. The average Bonchev–Trinajstić information content (AvgIpc) is 2.74. The summed E-state index contributed by atoms with van der Waals surface area (Å²) in [5, 5.41) is 6.64. The van der Waals surface area contributed by atoms with E-state index in [0.29, 0.717) is 12.6 Å². The number of aliphatic imine (C=N–C) groups is 1. The number of hydrogen-bond acceptors (Lipinski definition) is 4. The second-order valence-electron chi connectivity index (χ2n) is 7.08. The van der Waals surface area contributed by atoms with Gasteiger partial charge in [-0.05, 0) is 50.3 Å². The van der Waals surface area contributed by atoms with Gasteiger partial charge in [-0.1, -0.05) is 18.6 Å². The molecule has 0 aliphatic heterocycles. The number of nitrogens with one attached hydrogen (secondary N) is 2. The minimum Gasteiger partial charge on any atom is -0.474 e. The van der Waals surface area contributed by atoms with E-state index in [0.717, 1.165) is 55.4 Å². The van der Waals surface area contributed by atoms with Gasteiger partial charge >= 0.3 is 0 Å². The number of ether oxygens (including phenoxy) is 1. The Morgan fingerprint density at radius 3 is 2.66 bits per heavy atom. The molecule has 0 radical (unpaired) electrons. The third kappa shape index (κ3) is 8.55. The first-order valence-corrected chi connectivity index (χ1v) is 10.4. The fourth-order valence-electron chi connectivity index (χ4n) is 3.29. The lowest BCUT2D eigenvalue weighted by Gasteiger charge is -2.22. The molecule has 3 rings (SSSR count). The fraction of sp³-hybridized carbons (Fsp3) is 0.500. The summed E-state index contributed by atoms with van der Waals surface area (Å²) >= 11 is 0. The van der Waals surface area contributed by atoms with Gasteiger partial charge in [0.05, 0.1) is 6.54 Å². The lowest BCUT2D eigenvalue weighted by atomic mass is 9.98. The molecule has 1 aliphatic carbocycles. The average molecular weight is 509 g/mol. The molecule has 0 amide bonds. The van der Waals surface area contributed by atoms with Crippen molar-refractivity contribution in [3.05, 3.63) is 54.0 Å². The largest absolute Gasteiger partial charge is 0.474 e. The molecule has 2 heterocycles. The summed E-state index contributed by atoms with van der Waals surface area (Å²) in [4.78, 5) is 13.5. The zero-order valence-corrected chi connectivity index (χ0v) is 19.5. The van der Waals surface area contributed by atoms with Gasteiger partial charge < -0.3 is 15.4 Å². The zero-order chi connectivity index (χ0) is 19.4. The number of pyridine rings is 2. The van der Waals surface area contributed by atoms with Crippen molar-refractivity contribution in [1.82, 2.24) is 20.6 Å². The molecule has 0 atom stereocenters. The van der Waals surface area contributed by atoms with Crippen LogP contribution in [0.1, 0.15) is 50.3 Å². The van der Waals surface area contributed by atoms with Crippen molar-refractivity contribution in [2.75, 3.05) is 13.1 Å². The van der Waals surface area contributed by atoms with Crippen molar-refractivity contribution in [2.45, 2.75) is 58.1 Å². The van der Waals surface area contributed by atoms with E-state index in [9.17, 15) is 0 Å². The highest BCUT2D eigenvalue weighted by Crippen LogP contribution is 2.22. The van der Waals surface area contributed by atoms with E-state index < -0.39 is 0 Å². The minimum absolute atomic E-state index is 0. The van der Waals surface area contributed by atoms with Gasteiger partial charge in [0.15, 0.2) is 5.96 Å². The Balaban J connectivity index is 0.00000300. The number of hydrogen-bond donors (Lipinski definition) is 2. The molecule has 1 saturated carbocycles. The maximum absolute atomic E-state index is 5.99. The molecule has 1 aliphatic rings. The van der Waals surface area contributed by atoms with Crippen LogP contribution in [0.4, 0.5) is 0 Å². The minimum atomic E-state index is 0. The van der Waals surface area contributed by atoms with Crippen LogP contribution in [0.15, 0.2) is 47.7 Å².